The van der Waals surface area contributed by atoms with Crippen LogP contribution in [0.1, 0.15) is 38.2 Å². The normalized spacial score (nSPS) is 17.2. The third kappa shape index (κ3) is 3.13. The molecule has 0 unspecified atom stereocenters. The van der Waals surface area contributed by atoms with Gasteiger partial charge >= 0.3 is 0 Å². The molecule has 1 aliphatic rings. The average molecular weight is 332 g/mol. The molecule has 1 fully saturated rings. The molecule has 0 atom stereocenters. The van der Waals surface area contributed by atoms with E-state index in [2.05, 4.69) is 20.7 Å². The highest BCUT2D eigenvalue weighted by Gasteiger charge is 2.24. The summed E-state index contributed by atoms with van der Waals surface area (Å²) in [4.78, 5) is 0.417. The van der Waals surface area contributed by atoms with Crippen LogP contribution in [0.2, 0.25) is 0 Å². The Bertz CT molecular complexity index is 522. The Hall–Kier alpha value is -0.390. The maximum absolute atomic E-state index is 12.4. The number of benzene rings is 1. The van der Waals surface area contributed by atoms with Gasteiger partial charge < -0.3 is 0 Å². The summed E-state index contributed by atoms with van der Waals surface area (Å²) in [5, 5.41) is 0. The molecule has 0 heterocycles. The van der Waals surface area contributed by atoms with Crippen molar-refractivity contribution in [2.24, 2.45) is 0 Å². The van der Waals surface area contributed by atoms with E-state index in [-0.39, 0.29) is 6.04 Å². The van der Waals surface area contributed by atoms with E-state index in [1.807, 2.05) is 13.0 Å². The standard InChI is InChI=1S/C13H18BrNO2S/c1-2-10-9-11(14)7-8-13(10)18(16,17)15-12-5-3-4-6-12/h7-9,12,15H,2-6H2,1H3. The van der Waals surface area contributed by atoms with Gasteiger partial charge in [0.2, 0.25) is 10.0 Å². The van der Waals surface area contributed by atoms with Gasteiger partial charge in [-0.3, -0.25) is 0 Å². The maximum Gasteiger partial charge on any atom is 0.241 e. The van der Waals surface area contributed by atoms with Gasteiger partial charge in [0.25, 0.3) is 0 Å². The van der Waals surface area contributed by atoms with Crippen LogP contribution in [0.25, 0.3) is 0 Å². The molecule has 18 heavy (non-hydrogen) atoms. The lowest BCUT2D eigenvalue weighted by Gasteiger charge is -2.15. The van der Waals surface area contributed by atoms with Crippen molar-refractivity contribution in [2.75, 3.05) is 0 Å². The number of rotatable bonds is 4. The number of halogens is 1. The Kier molecular flexibility index (Phi) is 4.45. The molecule has 0 amide bonds. The van der Waals surface area contributed by atoms with E-state index in [4.69, 9.17) is 0 Å². The predicted molar refractivity (Wildman–Crippen MR) is 76.1 cm³/mol. The van der Waals surface area contributed by atoms with Crippen molar-refractivity contribution in [1.82, 2.24) is 4.72 Å². The van der Waals surface area contributed by atoms with Gasteiger partial charge in [0, 0.05) is 10.5 Å². The molecule has 0 radical (unpaired) electrons. The fraction of sp³-hybridized carbons (Fsp3) is 0.538. The topological polar surface area (TPSA) is 46.2 Å². The number of nitrogens with one attached hydrogen (secondary N) is 1. The van der Waals surface area contributed by atoms with Crippen molar-refractivity contribution in [3.8, 4) is 0 Å². The van der Waals surface area contributed by atoms with Crippen LogP contribution < -0.4 is 4.72 Å². The molecule has 3 nitrogen and oxygen atoms in total. The molecule has 1 saturated carbocycles. The summed E-state index contributed by atoms with van der Waals surface area (Å²) in [6, 6.07) is 5.45. The van der Waals surface area contributed by atoms with Gasteiger partial charge in [-0.25, -0.2) is 13.1 Å². The summed E-state index contributed by atoms with van der Waals surface area (Å²) >= 11 is 3.38. The van der Waals surface area contributed by atoms with Gasteiger partial charge in [0.1, 0.15) is 0 Å². The number of hydrogen-bond acceptors (Lipinski definition) is 2. The summed E-state index contributed by atoms with van der Waals surface area (Å²) < 4.78 is 28.4. The Labute approximate surface area is 117 Å². The lowest BCUT2D eigenvalue weighted by molar-refractivity contribution is 0.551. The monoisotopic (exact) mass is 331 g/mol. The van der Waals surface area contributed by atoms with E-state index in [0.29, 0.717) is 11.3 Å². The smallest absolute Gasteiger partial charge is 0.208 e. The molecular formula is C13H18BrNO2S. The molecule has 1 aliphatic carbocycles. The Balaban J connectivity index is 2.28. The van der Waals surface area contributed by atoms with Crippen molar-refractivity contribution in [2.45, 2.75) is 50.0 Å². The molecular weight excluding hydrogens is 314 g/mol. The lowest BCUT2D eigenvalue weighted by Crippen LogP contribution is -2.33. The highest BCUT2D eigenvalue weighted by molar-refractivity contribution is 9.10. The first kappa shape index (κ1) is 14.0. The fourth-order valence-corrected chi connectivity index (χ4v) is 4.42. The molecule has 0 spiro atoms. The van der Waals surface area contributed by atoms with E-state index in [1.54, 1.807) is 12.1 Å². The first-order chi connectivity index (χ1) is 8.53. The molecule has 1 aromatic rings. The summed E-state index contributed by atoms with van der Waals surface area (Å²) in [6.07, 6.45) is 4.86. The van der Waals surface area contributed by atoms with E-state index in [0.717, 1.165) is 35.7 Å². The molecule has 2 rings (SSSR count). The summed E-state index contributed by atoms with van der Waals surface area (Å²) in [6.45, 7) is 1.97. The highest BCUT2D eigenvalue weighted by Crippen LogP contribution is 2.24. The van der Waals surface area contributed by atoms with Crippen LogP contribution in [-0.2, 0) is 16.4 Å². The first-order valence-corrected chi connectivity index (χ1v) is 8.61. The number of hydrogen-bond donors (Lipinski definition) is 1. The quantitative estimate of drug-likeness (QED) is 0.920. The maximum atomic E-state index is 12.4. The fourth-order valence-electron chi connectivity index (χ4n) is 2.41. The zero-order valence-corrected chi connectivity index (χ0v) is 12.9. The van der Waals surface area contributed by atoms with E-state index in [9.17, 15) is 8.42 Å². The molecule has 5 heteroatoms. The van der Waals surface area contributed by atoms with Crippen molar-refractivity contribution < 1.29 is 8.42 Å². The number of sulfonamides is 1. The highest BCUT2D eigenvalue weighted by atomic mass is 79.9. The zero-order valence-electron chi connectivity index (χ0n) is 10.4. The van der Waals surface area contributed by atoms with Crippen molar-refractivity contribution in [3.63, 3.8) is 0 Å². The molecule has 0 bridgehead atoms. The Morgan fingerprint density at radius 1 is 1.33 bits per heavy atom. The minimum absolute atomic E-state index is 0.114. The Morgan fingerprint density at radius 2 is 2.00 bits per heavy atom. The second-order valence-electron chi connectivity index (χ2n) is 4.71. The van der Waals surface area contributed by atoms with Gasteiger partial charge in [-0.05, 0) is 43.0 Å². The molecule has 1 aromatic carbocycles. The zero-order chi connectivity index (χ0) is 13.2. The van der Waals surface area contributed by atoms with Gasteiger partial charge in [-0.15, -0.1) is 0 Å². The van der Waals surface area contributed by atoms with Crippen LogP contribution in [-0.4, -0.2) is 14.5 Å². The summed E-state index contributed by atoms with van der Waals surface area (Å²) in [5.41, 5.74) is 0.856. The molecule has 100 valence electrons. The summed E-state index contributed by atoms with van der Waals surface area (Å²) in [7, 11) is -3.37. The van der Waals surface area contributed by atoms with Crippen LogP contribution in [0.4, 0.5) is 0 Å². The van der Waals surface area contributed by atoms with E-state index in [1.165, 1.54) is 0 Å². The first-order valence-electron chi connectivity index (χ1n) is 6.33. The van der Waals surface area contributed by atoms with Gasteiger partial charge in [-0.1, -0.05) is 35.7 Å². The van der Waals surface area contributed by atoms with Crippen LogP contribution in [0.15, 0.2) is 27.6 Å². The van der Waals surface area contributed by atoms with E-state index >= 15 is 0 Å². The predicted octanol–water partition coefficient (Wildman–Crippen LogP) is 3.23. The molecule has 0 aromatic heterocycles. The van der Waals surface area contributed by atoms with Crippen LogP contribution >= 0.6 is 15.9 Å². The Morgan fingerprint density at radius 3 is 2.61 bits per heavy atom. The second kappa shape index (κ2) is 5.72. The van der Waals surface area contributed by atoms with Crippen LogP contribution in [0.5, 0.6) is 0 Å². The second-order valence-corrected chi connectivity index (χ2v) is 7.31. The number of aryl methyl sites for hydroxylation is 1. The van der Waals surface area contributed by atoms with Crippen LogP contribution in [0.3, 0.4) is 0 Å². The van der Waals surface area contributed by atoms with Gasteiger partial charge in [-0.2, -0.15) is 0 Å². The molecule has 1 N–H and O–H groups in total. The van der Waals surface area contributed by atoms with Crippen LogP contribution in [0, 0.1) is 0 Å². The average Bonchev–Trinajstić information content (AvgIpc) is 2.80. The van der Waals surface area contributed by atoms with Crippen molar-refractivity contribution >= 4 is 26.0 Å². The van der Waals surface area contributed by atoms with Crippen molar-refractivity contribution in [1.29, 1.82) is 0 Å². The van der Waals surface area contributed by atoms with Gasteiger partial charge in [0.15, 0.2) is 0 Å². The minimum Gasteiger partial charge on any atom is -0.208 e. The molecule has 0 aliphatic heterocycles. The lowest BCUT2D eigenvalue weighted by atomic mass is 10.2. The third-order valence-corrected chi connectivity index (χ3v) is 5.48. The third-order valence-electron chi connectivity index (χ3n) is 3.37. The van der Waals surface area contributed by atoms with Crippen molar-refractivity contribution in [3.05, 3.63) is 28.2 Å². The van der Waals surface area contributed by atoms with Gasteiger partial charge in [0.05, 0.1) is 4.90 Å². The SMILES string of the molecule is CCc1cc(Br)ccc1S(=O)(=O)NC1CCCC1. The summed E-state index contributed by atoms with van der Waals surface area (Å²) in [5.74, 6) is 0. The van der Waals surface area contributed by atoms with E-state index < -0.39 is 10.0 Å². The minimum atomic E-state index is -3.37. The molecule has 0 saturated heterocycles. The largest absolute Gasteiger partial charge is 0.241 e.